The molecular formula is C15H30N2O. The van der Waals surface area contributed by atoms with Crippen molar-refractivity contribution in [3.63, 3.8) is 0 Å². The van der Waals surface area contributed by atoms with E-state index in [1.54, 1.807) is 0 Å². The highest BCUT2D eigenvalue weighted by atomic mass is 16.3. The van der Waals surface area contributed by atoms with Crippen LogP contribution >= 0.6 is 0 Å². The largest absolute Gasteiger partial charge is 0.396 e. The molecule has 2 N–H and O–H groups in total. The van der Waals surface area contributed by atoms with Crippen LogP contribution in [-0.2, 0) is 0 Å². The maximum Gasteiger partial charge on any atom is 0.0434 e. The molecule has 2 aliphatic rings. The van der Waals surface area contributed by atoms with Crippen molar-refractivity contribution < 1.29 is 5.11 Å². The molecule has 2 fully saturated rings. The Kier molecular flexibility index (Phi) is 5.46. The smallest absolute Gasteiger partial charge is 0.0434 e. The van der Waals surface area contributed by atoms with Gasteiger partial charge in [-0.3, -0.25) is 0 Å². The zero-order chi connectivity index (χ0) is 13.0. The van der Waals surface area contributed by atoms with Gasteiger partial charge in [0.15, 0.2) is 0 Å². The molecule has 1 saturated heterocycles. The molecule has 18 heavy (non-hydrogen) atoms. The van der Waals surface area contributed by atoms with Crippen LogP contribution in [0.2, 0.25) is 0 Å². The lowest BCUT2D eigenvalue weighted by Crippen LogP contribution is -2.50. The number of piperidine rings is 1. The van der Waals surface area contributed by atoms with E-state index in [1.807, 2.05) is 0 Å². The highest BCUT2D eigenvalue weighted by Crippen LogP contribution is 2.31. The van der Waals surface area contributed by atoms with Crippen molar-refractivity contribution in [2.24, 2.45) is 17.8 Å². The third-order valence-corrected chi connectivity index (χ3v) is 4.18. The highest BCUT2D eigenvalue weighted by molar-refractivity contribution is 4.87. The number of nitrogens with zero attached hydrogens (tertiary/aromatic N) is 1. The first-order valence-corrected chi connectivity index (χ1v) is 7.74. The van der Waals surface area contributed by atoms with Gasteiger partial charge in [0.2, 0.25) is 0 Å². The monoisotopic (exact) mass is 254 g/mol. The molecule has 0 bridgehead atoms. The van der Waals surface area contributed by atoms with Gasteiger partial charge in [0.25, 0.3) is 0 Å². The van der Waals surface area contributed by atoms with Crippen LogP contribution in [0.3, 0.4) is 0 Å². The molecule has 1 heterocycles. The number of rotatable bonds is 7. The summed E-state index contributed by atoms with van der Waals surface area (Å²) in [7, 11) is 0. The van der Waals surface area contributed by atoms with Gasteiger partial charge in [0, 0.05) is 32.3 Å². The van der Waals surface area contributed by atoms with Crippen LogP contribution in [0.5, 0.6) is 0 Å². The fourth-order valence-corrected chi connectivity index (χ4v) is 3.06. The number of hydrogen-bond acceptors (Lipinski definition) is 3. The van der Waals surface area contributed by atoms with Crippen LogP contribution in [-0.4, -0.2) is 48.8 Å². The molecule has 106 valence electrons. The van der Waals surface area contributed by atoms with Crippen molar-refractivity contribution in [2.75, 3.05) is 32.8 Å². The number of nitrogens with one attached hydrogen (secondary N) is 1. The Balaban J connectivity index is 1.79. The van der Waals surface area contributed by atoms with Crippen LogP contribution in [0.15, 0.2) is 0 Å². The zero-order valence-corrected chi connectivity index (χ0v) is 12.1. The van der Waals surface area contributed by atoms with E-state index < -0.39 is 0 Å². The molecule has 0 aromatic carbocycles. The molecule has 2 unspecified atom stereocenters. The summed E-state index contributed by atoms with van der Waals surface area (Å²) in [6.07, 6.45) is 5.09. The van der Waals surface area contributed by atoms with Gasteiger partial charge in [0.1, 0.15) is 0 Å². The van der Waals surface area contributed by atoms with E-state index in [9.17, 15) is 0 Å². The average molecular weight is 254 g/mol. The Morgan fingerprint density at radius 3 is 2.61 bits per heavy atom. The summed E-state index contributed by atoms with van der Waals surface area (Å²) in [6, 6.07) is 0.636. The number of aliphatic hydroxyl groups excluding tert-OH is 1. The molecule has 0 aromatic rings. The SMILES string of the molecule is CC(C)CNC1CC(CCO)CN(CC2CC2)C1. The van der Waals surface area contributed by atoms with E-state index in [2.05, 4.69) is 24.1 Å². The molecule has 0 radical (unpaired) electrons. The van der Waals surface area contributed by atoms with Crippen LogP contribution in [0.25, 0.3) is 0 Å². The molecule has 3 nitrogen and oxygen atoms in total. The summed E-state index contributed by atoms with van der Waals surface area (Å²) in [5.74, 6) is 2.39. The summed E-state index contributed by atoms with van der Waals surface area (Å²) in [5.41, 5.74) is 0. The van der Waals surface area contributed by atoms with Gasteiger partial charge in [-0.1, -0.05) is 13.8 Å². The van der Waals surface area contributed by atoms with Crippen molar-refractivity contribution in [1.82, 2.24) is 10.2 Å². The maximum atomic E-state index is 9.16. The third kappa shape index (κ3) is 4.87. The average Bonchev–Trinajstić information content (AvgIpc) is 3.10. The molecule has 2 rings (SSSR count). The van der Waals surface area contributed by atoms with E-state index >= 15 is 0 Å². The summed E-state index contributed by atoms with van der Waals surface area (Å²) in [6.45, 7) is 9.71. The first-order valence-electron chi connectivity index (χ1n) is 7.74. The van der Waals surface area contributed by atoms with E-state index in [-0.39, 0.29) is 0 Å². The molecule has 0 aromatic heterocycles. The lowest BCUT2D eigenvalue weighted by Gasteiger charge is -2.38. The minimum Gasteiger partial charge on any atom is -0.396 e. The highest BCUT2D eigenvalue weighted by Gasteiger charge is 2.31. The molecule has 1 aliphatic heterocycles. The quantitative estimate of drug-likeness (QED) is 0.726. The van der Waals surface area contributed by atoms with Gasteiger partial charge in [-0.05, 0) is 50.0 Å². The zero-order valence-electron chi connectivity index (χ0n) is 12.1. The maximum absolute atomic E-state index is 9.16. The van der Waals surface area contributed by atoms with Gasteiger partial charge in [0.05, 0.1) is 0 Å². The second-order valence-electron chi connectivity index (χ2n) is 6.77. The molecule has 3 heteroatoms. The molecule has 2 atom stereocenters. The number of aliphatic hydroxyl groups is 1. The Morgan fingerprint density at radius 2 is 2.00 bits per heavy atom. The lowest BCUT2D eigenvalue weighted by molar-refractivity contribution is 0.116. The van der Waals surface area contributed by atoms with Crippen molar-refractivity contribution >= 4 is 0 Å². The second kappa shape index (κ2) is 6.88. The Labute approximate surface area is 112 Å². The predicted molar refractivity (Wildman–Crippen MR) is 75.6 cm³/mol. The minimum absolute atomic E-state index is 0.346. The topological polar surface area (TPSA) is 35.5 Å². The predicted octanol–water partition coefficient (Wildman–Crippen LogP) is 1.71. The van der Waals surface area contributed by atoms with Crippen LogP contribution in [0, 0.1) is 17.8 Å². The summed E-state index contributed by atoms with van der Waals surface area (Å²) in [4.78, 5) is 2.64. The van der Waals surface area contributed by atoms with Crippen molar-refractivity contribution in [1.29, 1.82) is 0 Å². The first kappa shape index (κ1) is 14.3. The third-order valence-electron chi connectivity index (χ3n) is 4.18. The number of hydrogen-bond donors (Lipinski definition) is 2. The lowest BCUT2D eigenvalue weighted by atomic mass is 9.91. The number of likely N-dealkylation sites (tertiary alicyclic amines) is 1. The summed E-state index contributed by atoms with van der Waals surface area (Å²) < 4.78 is 0. The van der Waals surface area contributed by atoms with Crippen LogP contribution in [0.4, 0.5) is 0 Å². The van der Waals surface area contributed by atoms with Gasteiger partial charge in [-0.25, -0.2) is 0 Å². The standard InChI is InChI=1S/C15H30N2O/c1-12(2)8-16-15-7-14(5-6-18)10-17(11-15)9-13-3-4-13/h12-16,18H,3-11H2,1-2H3. The first-order chi connectivity index (χ1) is 8.67. The Bertz CT molecular complexity index is 241. The Morgan fingerprint density at radius 1 is 1.22 bits per heavy atom. The van der Waals surface area contributed by atoms with E-state index in [4.69, 9.17) is 5.11 Å². The van der Waals surface area contributed by atoms with Gasteiger partial charge in [-0.15, -0.1) is 0 Å². The van der Waals surface area contributed by atoms with Crippen molar-refractivity contribution in [3.05, 3.63) is 0 Å². The normalized spacial score (nSPS) is 30.0. The van der Waals surface area contributed by atoms with Gasteiger partial charge < -0.3 is 15.3 Å². The van der Waals surface area contributed by atoms with Gasteiger partial charge in [-0.2, -0.15) is 0 Å². The van der Waals surface area contributed by atoms with Crippen molar-refractivity contribution in [2.45, 2.75) is 45.6 Å². The molecule has 0 amide bonds. The molecule has 1 saturated carbocycles. The molecule has 1 aliphatic carbocycles. The van der Waals surface area contributed by atoms with Gasteiger partial charge >= 0.3 is 0 Å². The van der Waals surface area contributed by atoms with Crippen LogP contribution < -0.4 is 5.32 Å². The summed E-state index contributed by atoms with van der Waals surface area (Å²) in [5, 5.41) is 12.9. The minimum atomic E-state index is 0.346. The fraction of sp³-hybridized carbons (Fsp3) is 1.00. The Hall–Kier alpha value is -0.120. The molecular weight excluding hydrogens is 224 g/mol. The summed E-state index contributed by atoms with van der Waals surface area (Å²) >= 11 is 0. The second-order valence-corrected chi connectivity index (χ2v) is 6.77. The van der Waals surface area contributed by atoms with Crippen LogP contribution in [0.1, 0.15) is 39.5 Å². The molecule has 0 spiro atoms. The van der Waals surface area contributed by atoms with E-state index in [1.165, 1.54) is 38.9 Å². The van der Waals surface area contributed by atoms with E-state index in [0.717, 1.165) is 24.8 Å². The fourth-order valence-electron chi connectivity index (χ4n) is 3.06. The van der Waals surface area contributed by atoms with E-state index in [0.29, 0.717) is 18.6 Å². The van der Waals surface area contributed by atoms with Crippen molar-refractivity contribution in [3.8, 4) is 0 Å².